The molecule has 0 unspecified atom stereocenters. The van der Waals surface area contributed by atoms with E-state index < -0.39 is 23.5 Å². The molecule has 1 aliphatic rings. The number of carbonyl (C=O) groups excluding carboxylic acids is 2. The second kappa shape index (κ2) is 8.60. The Morgan fingerprint density at radius 2 is 1.82 bits per heavy atom. The van der Waals surface area contributed by atoms with Gasteiger partial charge in [-0.1, -0.05) is 32.6 Å². The molecule has 0 spiro atoms. The average molecular weight is 313 g/mol. The van der Waals surface area contributed by atoms with Gasteiger partial charge >= 0.3 is 12.0 Å². The lowest BCUT2D eigenvalue weighted by Crippen LogP contribution is -2.63. The fourth-order valence-corrected chi connectivity index (χ4v) is 2.60. The molecule has 0 aliphatic heterocycles. The van der Waals surface area contributed by atoms with Crippen LogP contribution < -0.4 is 16.0 Å². The highest BCUT2D eigenvalue weighted by Crippen LogP contribution is 2.28. The Kier molecular flexibility index (Phi) is 7.14. The van der Waals surface area contributed by atoms with Crippen molar-refractivity contribution < 1.29 is 19.5 Å². The van der Waals surface area contributed by atoms with Crippen molar-refractivity contribution in [2.24, 2.45) is 0 Å². The molecule has 0 radical (unpaired) electrons. The maximum atomic E-state index is 12.5. The lowest BCUT2D eigenvalue weighted by atomic mass is 9.80. The molecular formula is C15H27N3O4. The number of hydrogen-bond donors (Lipinski definition) is 4. The molecule has 7 heteroatoms. The Morgan fingerprint density at radius 1 is 1.18 bits per heavy atom. The van der Waals surface area contributed by atoms with E-state index in [0.717, 1.165) is 32.1 Å². The van der Waals surface area contributed by atoms with Gasteiger partial charge in [0.1, 0.15) is 11.6 Å². The minimum Gasteiger partial charge on any atom is -0.480 e. The minimum atomic E-state index is -1.09. The molecule has 22 heavy (non-hydrogen) atoms. The summed E-state index contributed by atoms with van der Waals surface area (Å²) in [5.41, 5.74) is -1.00. The van der Waals surface area contributed by atoms with Crippen LogP contribution in [0.5, 0.6) is 0 Å². The fourth-order valence-electron chi connectivity index (χ4n) is 2.60. The number of hydrogen-bond acceptors (Lipinski definition) is 3. The van der Waals surface area contributed by atoms with Crippen LogP contribution in [0.4, 0.5) is 4.79 Å². The molecule has 7 nitrogen and oxygen atoms in total. The minimum absolute atomic E-state index is 0.367. The number of rotatable bonds is 7. The lowest BCUT2D eigenvalue weighted by molar-refractivity contribution is -0.142. The zero-order valence-electron chi connectivity index (χ0n) is 13.4. The molecule has 0 bridgehead atoms. The molecule has 1 rings (SSSR count). The second-order valence-corrected chi connectivity index (χ2v) is 5.91. The van der Waals surface area contributed by atoms with E-state index >= 15 is 0 Å². The number of unbranched alkanes of at least 4 members (excludes halogenated alkanes) is 1. The third-order valence-corrected chi connectivity index (χ3v) is 4.03. The van der Waals surface area contributed by atoms with E-state index in [0.29, 0.717) is 19.4 Å². The molecule has 0 aromatic rings. The summed E-state index contributed by atoms with van der Waals surface area (Å²) in [4.78, 5) is 35.4. The summed E-state index contributed by atoms with van der Waals surface area (Å²) in [5.74, 6) is -1.50. The molecule has 3 amide bonds. The van der Waals surface area contributed by atoms with Crippen LogP contribution >= 0.6 is 0 Å². The van der Waals surface area contributed by atoms with Crippen molar-refractivity contribution in [1.29, 1.82) is 0 Å². The number of amides is 3. The molecule has 126 valence electrons. The first-order valence-electron chi connectivity index (χ1n) is 8.01. The summed E-state index contributed by atoms with van der Waals surface area (Å²) in [6, 6.07) is -1.34. The smallest absolute Gasteiger partial charge is 0.325 e. The van der Waals surface area contributed by atoms with E-state index in [2.05, 4.69) is 16.0 Å². The zero-order valence-corrected chi connectivity index (χ0v) is 13.4. The van der Waals surface area contributed by atoms with Gasteiger partial charge in [-0.2, -0.15) is 0 Å². The van der Waals surface area contributed by atoms with Gasteiger partial charge in [-0.25, -0.2) is 4.79 Å². The number of aliphatic carboxylic acids is 1. The first kappa shape index (κ1) is 18.3. The van der Waals surface area contributed by atoms with Gasteiger partial charge < -0.3 is 21.1 Å². The van der Waals surface area contributed by atoms with E-state index in [1.54, 1.807) is 0 Å². The summed E-state index contributed by atoms with van der Waals surface area (Å²) >= 11 is 0. The van der Waals surface area contributed by atoms with Crippen molar-refractivity contribution in [3.8, 4) is 0 Å². The van der Waals surface area contributed by atoms with Crippen molar-refractivity contribution in [2.45, 2.75) is 70.4 Å². The van der Waals surface area contributed by atoms with Gasteiger partial charge in [-0.3, -0.25) is 9.59 Å². The van der Waals surface area contributed by atoms with Crippen LogP contribution in [0.15, 0.2) is 0 Å². The number of urea groups is 1. The Labute approximate surface area is 131 Å². The highest BCUT2D eigenvalue weighted by atomic mass is 16.4. The summed E-state index contributed by atoms with van der Waals surface area (Å²) < 4.78 is 0. The molecular weight excluding hydrogens is 286 g/mol. The molecule has 0 saturated heterocycles. The van der Waals surface area contributed by atoms with Gasteiger partial charge in [0.25, 0.3) is 0 Å². The zero-order chi connectivity index (χ0) is 16.6. The van der Waals surface area contributed by atoms with Crippen molar-refractivity contribution >= 4 is 17.9 Å². The van der Waals surface area contributed by atoms with E-state index in [9.17, 15) is 14.4 Å². The van der Waals surface area contributed by atoms with E-state index in [1.807, 2.05) is 6.92 Å². The number of nitrogens with one attached hydrogen (secondary N) is 3. The van der Waals surface area contributed by atoms with E-state index in [-0.39, 0.29) is 6.03 Å². The molecule has 1 fully saturated rings. The fraction of sp³-hybridized carbons (Fsp3) is 0.800. The maximum absolute atomic E-state index is 12.5. The van der Waals surface area contributed by atoms with E-state index in [4.69, 9.17) is 5.11 Å². The third-order valence-electron chi connectivity index (χ3n) is 4.03. The first-order valence-corrected chi connectivity index (χ1v) is 8.01. The van der Waals surface area contributed by atoms with E-state index in [1.165, 1.54) is 6.92 Å². The largest absolute Gasteiger partial charge is 0.480 e. The van der Waals surface area contributed by atoms with Crippen LogP contribution in [-0.4, -0.2) is 41.1 Å². The van der Waals surface area contributed by atoms with Crippen LogP contribution in [-0.2, 0) is 9.59 Å². The second-order valence-electron chi connectivity index (χ2n) is 5.91. The monoisotopic (exact) mass is 313 g/mol. The Bertz CT molecular complexity index is 406. The topological polar surface area (TPSA) is 108 Å². The first-order chi connectivity index (χ1) is 10.4. The van der Waals surface area contributed by atoms with Crippen molar-refractivity contribution in [3.63, 3.8) is 0 Å². The number of carboxylic acids is 1. The number of carboxylic acid groups (broad SMARTS) is 1. The Hall–Kier alpha value is -1.79. The normalized spacial score (nSPS) is 18.1. The third kappa shape index (κ3) is 5.20. The standard InChI is InChI=1S/C15H27N3O4/c1-3-4-10-16-14(22)18-15(8-6-5-7-9-15)13(21)17-11(2)12(19)20/h11H,3-10H2,1-2H3,(H,17,21)(H,19,20)(H2,16,18,22)/t11-/m0/s1. The van der Waals surface area contributed by atoms with Gasteiger partial charge in [0.15, 0.2) is 0 Å². The Balaban J connectivity index is 2.70. The van der Waals surface area contributed by atoms with Crippen molar-refractivity contribution in [3.05, 3.63) is 0 Å². The van der Waals surface area contributed by atoms with Crippen LogP contribution in [0.3, 0.4) is 0 Å². The van der Waals surface area contributed by atoms with Crippen LogP contribution in [0, 0.1) is 0 Å². The summed E-state index contributed by atoms with van der Waals surface area (Å²) in [6.45, 7) is 4.01. The highest BCUT2D eigenvalue weighted by molar-refractivity contribution is 5.93. The summed E-state index contributed by atoms with van der Waals surface area (Å²) in [5, 5.41) is 16.9. The lowest BCUT2D eigenvalue weighted by Gasteiger charge is -2.37. The van der Waals surface area contributed by atoms with Gasteiger partial charge in [0, 0.05) is 6.54 Å². The average Bonchev–Trinajstić information content (AvgIpc) is 2.48. The predicted octanol–water partition coefficient (Wildman–Crippen LogP) is 1.38. The SMILES string of the molecule is CCCCNC(=O)NC1(C(=O)N[C@@H](C)C(=O)O)CCCCC1. The summed E-state index contributed by atoms with van der Waals surface area (Å²) in [7, 11) is 0. The summed E-state index contributed by atoms with van der Waals surface area (Å²) in [6.07, 6.45) is 5.61. The molecule has 0 heterocycles. The van der Waals surface area contributed by atoms with Gasteiger partial charge in [0.05, 0.1) is 0 Å². The van der Waals surface area contributed by atoms with Gasteiger partial charge in [-0.15, -0.1) is 0 Å². The molecule has 0 aromatic heterocycles. The quantitative estimate of drug-likeness (QED) is 0.532. The predicted molar refractivity (Wildman–Crippen MR) is 82.5 cm³/mol. The molecule has 1 aliphatic carbocycles. The number of carbonyl (C=O) groups is 3. The van der Waals surface area contributed by atoms with Gasteiger partial charge in [0.2, 0.25) is 5.91 Å². The van der Waals surface area contributed by atoms with Crippen LogP contribution in [0.1, 0.15) is 58.8 Å². The Morgan fingerprint density at radius 3 is 2.36 bits per heavy atom. The highest BCUT2D eigenvalue weighted by Gasteiger charge is 2.41. The van der Waals surface area contributed by atoms with Crippen molar-refractivity contribution in [2.75, 3.05) is 6.54 Å². The maximum Gasteiger partial charge on any atom is 0.325 e. The van der Waals surface area contributed by atoms with Crippen LogP contribution in [0.2, 0.25) is 0 Å². The molecule has 1 atom stereocenters. The molecule has 0 aromatic carbocycles. The molecule has 4 N–H and O–H groups in total. The van der Waals surface area contributed by atoms with Crippen molar-refractivity contribution in [1.82, 2.24) is 16.0 Å². The molecule has 1 saturated carbocycles. The van der Waals surface area contributed by atoms with Gasteiger partial charge in [-0.05, 0) is 26.2 Å². The van der Waals surface area contributed by atoms with Crippen LogP contribution in [0.25, 0.3) is 0 Å².